The molecule has 2 nitrogen and oxygen atoms in total. The Balaban J connectivity index is 2.60. The zero-order valence-electron chi connectivity index (χ0n) is 11.1. The fourth-order valence-electron chi connectivity index (χ4n) is 1.75. The van der Waals surface area contributed by atoms with Crippen LogP contribution in [0.15, 0.2) is 24.3 Å². The van der Waals surface area contributed by atoms with E-state index in [2.05, 4.69) is 21.2 Å². The van der Waals surface area contributed by atoms with Crippen LogP contribution in [-0.2, 0) is 6.18 Å². The lowest BCUT2D eigenvalue weighted by Crippen LogP contribution is -2.29. The van der Waals surface area contributed by atoms with E-state index >= 15 is 0 Å². The van der Waals surface area contributed by atoms with Crippen molar-refractivity contribution in [3.05, 3.63) is 35.4 Å². The number of amides is 1. The first-order valence-corrected chi connectivity index (χ1v) is 7.52. The number of hydrogen-bond donors (Lipinski definition) is 1. The van der Waals surface area contributed by atoms with Gasteiger partial charge in [0.15, 0.2) is 0 Å². The standard InChI is InChI=1S/C14H17BrF3NO/c1-2-10(7-8-15)9-19-13(20)11-3-5-12(6-4-11)14(16,17)18/h3-6,10H,2,7-9H2,1H3,(H,19,20). The summed E-state index contributed by atoms with van der Waals surface area (Å²) in [7, 11) is 0. The van der Waals surface area contributed by atoms with E-state index in [4.69, 9.17) is 0 Å². The van der Waals surface area contributed by atoms with Gasteiger partial charge in [0.25, 0.3) is 5.91 Å². The van der Waals surface area contributed by atoms with Gasteiger partial charge < -0.3 is 5.32 Å². The fourth-order valence-corrected chi connectivity index (χ4v) is 2.40. The van der Waals surface area contributed by atoms with Crippen molar-refractivity contribution in [2.45, 2.75) is 25.9 Å². The van der Waals surface area contributed by atoms with Crippen molar-refractivity contribution in [1.29, 1.82) is 0 Å². The second kappa shape index (κ2) is 7.67. The molecule has 0 aliphatic rings. The molecular weight excluding hydrogens is 335 g/mol. The zero-order valence-corrected chi connectivity index (χ0v) is 12.7. The van der Waals surface area contributed by atoms with Crippen molar-refractivity contribution < 1.29 is 18.0 Å². The molecule has 0 saturated heterocycles. The van der Waals surface area contributed by atoms with E-state index in [-0.39, 0.29) is 11.5 Å². The van der Waals surface area contributed by atoms with Gasteiger partial charge in [-0.2, -0.15) is 13.2 Å². The Morgan fingerprint density at radius 3 is 2.35 bits per heavy atom. The minimum Gasteiger partial charge on any atom is -0.352 e. The van der Waals surface area contributed by atoms with E-state index in [1.165, 1.54) is 12.1 Å². The third kappa shape index (κ3) is 5.15. The molecule has 0 spiro atoms. The van der Waals surface area contributed by atoms with Crippen LogP contribution in [0.1, 0.15) is 35.7 Å². The van der Waals surface area contributed by atoms with Crippen LogP contribution in [0.2, 0.25) is 0 Å². The maximum Gasteiger partial charge on any atom is 0.416 e. The van der Waals surface area contributed by atoms with Gasteiger partial charge in [-0.25, -0.2) is 0 Å². The molecule has 0 fully saturated rings. The first kappa shape index (κ1) is 17.0. The highest BCUT2D eigenvalue weighted by atomic mass is 79.9. The summed E-state index contributed by atoms with van der Waals surface area (Å²) in [6.45, 7) is 2.57. The lowest BCUT2D eigenvalue weighted by atomic mass is 10.0. The normalized spacial score (nSPS) is 13.1. The summed E-state index contributed by atoms with van der Waals surface area (Å²) in [5.41, 5.74) is -0.508. The Kier molecular flexibility index (Phi) is 6.52. The Bertz CT molecular complexity index is 431. The van der Waals surface area contributed by atoms with Gasteiger partial charge in [-0.15, -0.1) is 0 Å². The number of rotatable bonds is 6. The lowest BCUT2D eigenvalue weighted by Gasteiger charge is -2.14. The SMILES string of the molecule is CCC(CCBr)CNC(=O)c1ccc(C(F)(F)F)cc1. The highest BCUT2D eigenvalue weighted by molar-refractivity contribution is 9.09. The van der Waals surface area contributed by atoms with Crippen molar-refractivity contribution in [1.82, 2.24) is 5.32 Å². The molecule has 6 heteroatoms. The van der Waals surface area contributed by atoms with Gasteiger partial charge in [-0.1, -0.05) is 29.3 Å². The van der Waals surface area contributed by atoms with E-state index in [0.717, 1.165) is 30.3 Å². The molecule has 1 N–H and O–H groups in total. The number of halogens is 4. The summed E-state index contributed by atoms with van der Waals surface area (Å²) in [4.78, 5) is 11.8. The third-order valence-electron chi connectivity index (χ3n) is 3.12. The van der Waals surface area contributed by atoms with Crippen LogP contribution in [0.25, 0.3) is 0 Å². The number of hydrogen-bond acceptors (Lipinski definition) is 1. The van der Waals surface area contributed by atoms with Crippen molar-refractivity contribution in [3.8, 4) is 0 Å². The minimum absolute atomic E-state index is 0.242. The number of carbonyl (C=O) groups is 1. The maximum absolute atomic E-state index is 12.4. The molecule has 0 aliphatic carbocycles. The summed E-state index contributed by atoms with van der Waals surface area (Å²) in [6, 6.07) is 4.24. The molecular formula is C14H17BrF3NO. The molecule has 0 aliphatic heterocycles. The Labute approximate surface area is 124 Å². The second-order valence-electron chi connectivity index (χ2n) is 4.54. The molecule has 1 amide bonds. The van der Waals surface area contributed by atoms with Crippen LogP contribution in [-0.4, -0.2) is 17.8 Å². The van der Waals surface area contributed by atoms with Gasteiger partial charge in [-0.05, 0) is 36.6 Å². The summed E-state index contributed by atoms with van der Waals surface area (Å²) in [5, 5.41) is 3.61. The smallest absolute Gasteiger partial charge is 0.352 e. The third-order valence-corrected chi connectivity index (χ3v) is 3.58. The Morgan fingerprint density at radius 2 is 1.90 bits per heavy atom. The van der Waals surface area contributed by atoms with Gasteiger partial charge in [0, 0.05) is 17.4 Å². The van der Waals surface area contributed by atoms with Crippen LogP contribution in [0.5, 0.6) is 0 Å². The minimum atomic E-state index is -4.38. The van der Waals surface area contributed by atoms with E-state index in [1.54, 1.807) is 0 Å². The quantitative estimate of drug-likeness (QED) is 0.762. The molecule has 0 aromatic heterocycles. The predicted octanol–water partition coefficient (Wildman–Crippen LogP) is 4.25. The van der Waals surface area contributed by atoms with Gasteiger partial charge in [-0.3, -0.25) is 4.79 Å². The number of benzene rings is 1. The predicted molar refractivity (Wildman–Crippen MR) is 76.0 cm³/mol. The molecule has 1 atom stereocenters. The highest BCUT2D eigenvalue weighted by Gasteiger charge is 2.30. The van der Waals surface area contributed by atoms with Gasteiger partial charge in [0.2, 0.25) is 0 Å². The lowest BCUT2D eigenvalue weighted by molar-refractivity contribution is -0.137. The summed E-state index contributed by atoms with van der Waals surface area (Å²) in [6.07, 6.45) is -2.49. The fraction of sp³-hybridized carbons (Fsp3) is 0.500. The van der Waals surface area contributed by atoms with E-state index < -0.39 is 11.7 Å². The molecule has 1 aromatic rings. The van der Waals surface area contributed by atoms with Crippen molar-refractivity contribution in [3.63, 3.8) is 0 Å². The van der Waals surface area contributed by atoms with Crippen LogP contribution in [0, 0.1) is 5.92 Å². The van der Waals surface area contributed by atoms with Gasteiger partial charge >= 0.3 is 6.18 Å². The van der Waals surface area contributed by atoms with E-state index in [9.17, 15) is 18.0 Å². The molecule has 20 heavy (non-hydrogen) atoms. The van der Waals surface area contributed by atoms with Gasteiger partial charge in [0.1, 0.15) is 0 Å². The van der Waals surface area contributed by atoms with Crippen molar-refractivity contribution >= 4 is 21.8 Å². The number of carbonyl (C=O) groups excluding carboxylic acids is 1. The monoisotopic (exact) mass is 351 g/mol. The van der Waals surface area contributed by atoms with Crippen molar-refractivity contribution in [2.75, 3.05) is 11.9 Å². The van der Waals surface area contributed by atoms with Crippen LogP contribution >= 0.6 is 15.9 Å². The first-order valence-electron chi connectivity index (χ1n) is 6.40. The van der Waals surface area contributed by atoms with Crippen molar-refractivity contribution in [2.24, 2.45) is 5.92 Å². The highest BCUT2D eigenvalue weighted by Crippen LogP contribution is 2.29. The first-order chi connectivity index (χ1) is 9.38. The van der Waals surface area contributed by atoms with E-state index in [0.29, 0.717) is 12.5 Å². The van der Waals surface area contributed by atoms with Crippen LogP contribution < -0.4 is 5.32 Å². The topological polar surface area (TPSA) is 29.1 Å². The molecule has 112 valence electrons. The second-order valence-corrected chi connectivity index (χ2v) is 5.33. The molecule has 1 rings (SSSR count). The molecule has 0 heterocycles. The Hall–Kier alpha value is -1.04. The zero-order chi connectivity index (χ0) is 15.2. The summed E-state index contributed by atoms with van der Waals surface area (Å²) >= 11 is 3.35. The van der Waals surface area contributed by atoms with Crippen LogP contribution in [0.3, 0.4) is 0 Å². The molecule has 0 radical (unpaired) electrons. The maximum atomic E-state index is 12.4. The molecule has 0 saturated carbocycles. The largest absolute Gasteiger partial charge is 0.416 e. The Morgan fingerprint density at radius 1 is 1.30 bits per heavy atom. The average Bonchev–Trinajstić information content (AvgIpc) is 2.42. The van der Waals surface area contributed by atoms with Crippen LogP contribution in [0.4, 0.5) is 13.2 Å². The molecule has 1 aromatic carbocycles. The summed E-state index contributed by atoms with van der Waals surface area (Å²) in [5.74, 6) is 0.0273. The van der Waals surface area contributed by atoms with Gasteiger partial charge in [0.05, 0.1) is 5.56 Å². The number of nitrogens with one attached hydrogen (secondary N) is 1. The molecule has 1 unspecified atom stereocenters. The molecule has 0 bridgehead atoms. The summed E-state index contributed by atoms with van der Waals surface area (Å²) < 4.78 is 37.2. The number of alkyl halides is 4. The average molecular weight is 352 g/mol. The van der Waals surface area contributed by atoms with E-state index in [1.807, 2.05) is 6.92 Å².